The Hall–Kier alpha value is -1.03. The Morgan fingerprint density at radius 3 is 2.75 bits per heavy atom. The van der Waals surface area contributed by atoms with Crippen molar-refractivity contribution < 1.29 is 14.6 Å². The topological polar surface area (TPSA) is 46.5 Å². The Balaban J connectivity index is 2.93. The first-order valence-corrected chi connectivity index (χ1v) is 5.93. The molecule has 0 radical (unpaired) electrons. The van der Waals surface area contributed by atoms with E-state index in [1.165, 1.54) is 0 Å². The molecule has 0 heterocycles. The molecule has 16 heavy (non-hydrogen) atoms. The fraction of sp³-hybridized carbons (Fsp3) is 0.417. The molecule has 88 valence electrons. The monoisotopic (exact) mass is 286 g/mol. The molecule has 0 amide bonds. The summed E-state index contributed by atoms with van der Waals surface area (Å²) in [5.41, 5.74) is 0.922. The van der Waals surface area contributed by atoms with Crippen LogP contribution < -0.4 is 4.74 Å². The van der Waals surface area contributed by atoms with Crippen LogP contribution in [0.1, 0.15) is 18.9 Å². The molecule has 0 aliphatic rings. The molecule has 1 aromatic rings. The second kappa shape index (κ2) is 5.89. The summed E-state index contributed by atoms with van der Waals surface area (Å²) in [6.07, 6.45) is 1.11. The van der Waals surface area contributed by atoms with Crippen LogP contribution in [0, 0.1) is 5.92 Å². The number of rotatable bonds is 5. The first-order valence-electron chi connectivity index (χ1n) is 5.13. The van der Waals surface area contributed by atoms with Crippen molar-refractivity contribution in [3.63, 3.8) is 0 Å². The maximum absolute atomic E-state index is 11.0. The summed E-state index contributed by atoms with van der Waals surface area (Å²) in [6, 6.07) is 5.63. The van der Waals surface area contributed by atoms with Gasteiger partial charge in [-0.1, -0.05) is 22.9 Å². The van der Waals surface area contributed by atoms with Crippen molar-refractivity contribution in [2.45, 2.75) is 19.8 Å². The lowest BCUT2D eigenvalue weighted by molar-refractivity contribution is -0.141. The normalized spacial score (nSPS) is 12.2. The molecule has 0 aliphatic heterocycles. The van der Waals surface area contributed by atoms with Gasteiger partial charge in [0.2, 0.25) is 0 Å². The second-order valence-electron chi connectivity index (χ2n) is 3.60. The number of methoxy groups -OCH3 is 1. The third kappa shape index (κ3) is 3.23. The Morgan fingerprint density at radius 1 is 1.56 bits per heavy atom. The molecule has 1 rings (SSSR count). The van der Waals surface area contributed by atoms with Crippen LogP contribution in [-0.2, 0) is 11.2 Å². The van der Waals surface area contributed by atoms with Gasteiger partial charge in [-0.3, -0.25) is 4.79 Å². The lowest BCUT2D eigenvalue weighted by Crippen LogP contribution is -2.15. The molecule has 0 saturated carbocycles. The molecule has 1 unspecified atom stereocenters. The van der Waals surface area contributed by atoms with Crippen molar-refractivity contribution in [2.24, 2.45) is 5.92 Å². The maximum Gasteiger partial charge on any atom is 0.306 e. The Labute approximate surface area is 104 Å². The van der Waals surface area contributed by atoms with E-state index in [0.717, 1.165) is 15.8 Å². The van der Waals surface area contributed by atoms with Crippen LogP contribution in [0.5, 0.6) is 5.75 Å². The second-order valence-corrected chi connectivity index (χ2v) is 4.52. The molecule has 0 bridgehead atoms. The van der Waals surface area contributed by atoms with E-state index < -0.39 is 5.97 Å². The first-order chi connectivity index (χ1) is 7.58. The maximum atomic E-state index is 11.0. The number of ether oxygens (including phenoxy) is 1. The molecule has 0 aliphatic carbocycles. The molecule has 1 aromatic carbocycles. The molecule has 1 N–H and O–H groups in total. The first kappa shape index (κ1) is 13.0. The van der Waals surface area contributed by atoms with Gasteiger partial charge >= 0.3 is 5.97 Å². The number of hydrogen-bond donors (Lipinski definition) is 1. The number of carboxylic acids is 1. The van der Waals surface area contributed by atoms with Crippen LogP contribution >= 0.6 is 15.9 Å². The summed E-state index contributed by atoms with van der Waals surface area (Å²) in [5, 5.41) is 9.01. The zero-order valence-corrected chi connectivity index (χ0v) is 11.0. The van der Waals surface area contributed by atoms with Crippen molar-refractivity contribution in [1.82, 2.24) is 0 Å². The standard InChI is InChI=1S/C12H15BrO3/c1-3-8(12(14)15)6-9-7-10(13)4-5-11(9)16-2/h4-5,7-8H,3,6H2,1-2H3,(H,14,15). The zero-order chi connectivity index (χ0) is 12.1. The number of halogens is 1. The van der Waals surface area contributed by atoms with Crippen LogP contribution in [0.4, 0.5) is 0 Å². The number of aliphatic carboxylic acids is 1. The Morgan fingerprint density at radius 2 is 2.25 bits per heavy atom. The minimum Gasteiger partial charge on any atom is -0.496 e. The van der Waals surface area contributed by atoms with E-state index >= 15 is 0 Å². The summed E-state index contributed by atoms with van der Waals surface area (Å²) in [4.78, 5) is 11.0. The predicted molar refractivity (Wildman–Crippen MR) is 65.8 cm³/mol. The van der Waals surface area contributed by atoms with Gasteiger partial charge in [0.05, 0.1) is 13.0 Å². The van der Waals surface area contributed by atoms with Crippen LogP contribution in [-0.4, -0.2) is 18.2 Å². The molecule has 4 heteroatoms. The van der Waals surface area contributed by atoms with E-state index in [1.54, 1.807) is 7.11 Å². The average Bonchev–Trinajstić information content (AvgIpc) is 2.25. The van der Waals surface area contributed by atoms with Crippen molar-refractivity contribution >= 4 is 21.9 Å². The minimum atomic E-state index is -0.760. The van der Waals surface area contributed by atoms with Crippen LogP contribution in [0.25, 0.3) is 0 Å². The van der Waals surface area contributed by atoms with Crippen LogP contribution in [0.3, 0.4) is 0 Å². The molecular weight excluding hydrogens is 272 g/mol. The number of hydrogen-bond acceptors (Lipinski definition) is 2. The fourth-order valence-electron chi connectivity index (χ4n) is 1.58. The Kier molecular flexibility index (Phi) is 4.80. The molecule has 3 nitrogen and oxygen atoms in total. The van der Waals surface area contributed by atoms with Gasteiger partial charge in [-0.25, -0.2) is 0 Å². The lowest BCUT2D eigenvalue weighted by Gasteiger charge is -2.13. The van der Waals surface area contributed by atoms with Gasteiger partial charge in [-0.2, -0.15) is 0 Å². The van der Waals surface area contributed by atoms with Gasteiger partial charge in [0.1, 0.15) is 5.75 Å². The van der Waals surface area contributed by atoms with Crippen LogP contribution in [0.15, 0.2) is 22.7 Å². The predicted octanol–water partition coefficient (Wildman–Crippen LogP) is 3.11. The zero-order valence-electron chi connectivity index (χ0n) is 9.37. The van der Waals surface area contributed by atoms with E-state index in [2.05, 4.69) is 15.9 Å². The van der Waals surface area contributed by atoms with Crippen molar-refractivity contribution in [3.8, 4) is 5.75 Å². The van der Waals surface area contributed by atoms with Crippen LogP contribution in [0.2, 0.25) is 0 Å². The number of benzene rings is 1. The van der Waals surface area contributed by atoms with Gasteiger partial charge in [0.25, 0.3) is 0 Å². The molecule has 0 fully saturated rings. The smallest absolute Gasteiger partial charge is 0.306 e. The third-order valence-corrected chi connectivity index (χ3v) is 3.04. The van der Waals surface area contributed by atoms with Gasteiger partial charge in [-0.15, -0.1) is 0 Å². The largest absolute Gasteiger partial charge is 0.496 e. The molecule has 0 saturated heterocycles. The molecule has 0 spiro atoms. The lowest BCUT2D eigenvalue weighted by atomic mass is 9.96. The summed E-state index contributed by atoms with van der Waals surface area (Å²) in [5.74, 6) is -0.379. The SMILES string of the molecule is CCC(Cc1cc(Br)ccc1OC)C(=O)O. The summed E-state index contributed by atoms with van der Waals surface area (Å²) < 4.78 is 6.15. The van der Waals surface area contributed by atoms with E-state index in [9.17, 15) is 4.79 Å². The molecule has 1 atom stereocenters. The minimum absolute atomic E-state index is 0.358. The van der Waals surface area contributed by atoms with Gasteiger partial charge in [0.15, 0.2) is 0 Å². The molecular formula is C12H15BrO3. The Bertz CT molecular complexity index is 377. The number of carbonyl (C=O) groups is 1. The summed E-state index contributed by atoms with van der Waals surface area (Å²) in [6.45, 7) is 1.88. The summed E-state index contributed by atoms with van der Waals surface area (Å²) in [7, 11) is 1.59. The quantitative estimate of drug-likeness (QED) is 0.905. The van der Waals surface area contributed by atoms with E-state index in [-0.39, 0.29) is 5.92 Å². The van der Waals surface area contributed by atoms with Gasteiger partial charge < -0.3 is 9.84 Å². The highest BCUT2D eigenvalue weighted by Gasteiger charge is 2.17. The summed E-state index contributed by atoms with van der Waals surface area (Å²) >= 11 is 3.37. The highest BCUT2D eigenvalue weighted by atomic mass is 79.9. The van der Waals surface area contributed by atoms with Crippen molar-refractivity contribution in [2.75, 3.05) is 7.11 Å². The molecule has 0 aromatic heterocycles. The van der Waals surface area contributed by atoms with E-state index in [0.29, 0.717) is 12.8 Å². The van der Waals surface area contributed by atoms with Gasteiger partial charge in [-0.05, 0) is 36.6 Å². The van der Waals surface area contributed by atoms with E-state index in [4.69, 9.17) is 9.84 Å². The van der Waals surface area contributed by atoms with Crippen molar-refractivity contribution in [3.05, 3.63) is 28.2 Å². The average molecular weight is 287 g/mol. The fourth-order valence-corrected chi connectivity index (χ4v) is 1.99. The highest BCUT2D eigenvalue weighted by Crippen LogP contribution is 2.26. The van der Waals surface area contributed by atoms with Gasteiger partial charge in [0, 0.05) is 4.47 Å². The third-order valence-electron chi connectivity index (χ3n) is 2.55. The van der Waals surface area contributed by atoms with E-state index in [1.807, 2.05) is 25.1 Å². The van der Waals surface area contributed by atoms with Crippen molar-refractivity contribution in [1.29, 1.82) is 0 Å². The highest BCUT2D eigenvalue weighted by molar-refractivity contribution is 9.10. The number of carboxylic acid groups (broad SMARTS) is 1.